The average Bonchev–Trinajstić information content (AvgIpc) is 3.26. The lowest BCUT2D eigenvalue weighted by Gasteiger charge is -2.31. The zero-order valence-corrected chi connectivity index (χ0v) is 15.5. The van der Waals surface area contributed by atoms with E-state index in [2.05, 4.69) is 36.1 Å². The minimum atomic E-state index is -0.130. The van der Waals surface area contributed by atoms with Gasteiger partial charge in [-0.3, -0.25) is 4.79 Å². The number of hydrogen-bond donors (Lipinski definition) is 1. The van der Waals surface area contributed by atoms with Gasteiger partial charge in [0.15, 0.2) is 0 Å². The molecule has 0 spiro atoms. The van der Waals surface area contributed by atoms with Crippen LogP contribution in [-0.2, 0) is 6.54 Å². The molecule has 0 aromatic carbocycles. The lowest BCUT2D eigenvalue weighted by atomic mass is 9.86. The van der Waals surface area contributed by atoms with Gasteiger partial charge in [-0.15, -0.1) is 22.7 Å². The molecule has 24 heavy (non-hydrogen) atoms. The summed E-state index contributed by atoms with van der Waals surface area (Å²) in [7, 11) is 0. The number of nitrogens with zero attached hydrogens (tertiary/aromatic N) is 3. The van der Waals surface area contributed by atoms with Gasteiger partial charge in [0.25, 0.3) is 5.91 Å². The van der Waals surface area contributed by atoms with E-state index in [-0.39, 0.29) is 17.4 Å². The van der Waals surface area contributed by atoms with E-state index in [0.29, 0.717) is 12.2 Å². The molecule has 5 nitrogen and oxygen atoms in total. The van der Waals surface area contributed by atoms with Crippen molar-refractivity contribution < 1.29 is 4.79 Å². The first-order valence-corrected chi connectivity index (χ1v) is 9.45. The number of imidazole rings is 1. The number of aromatic nitrogens is 3. The van der Waals surface area contributed by atoms with Crippen LogP contribution in [0.3, 0.4) is 0 Å². The zero-order chi connectivity index (χ0) is 17.2. The maximum atomic E-state index is 12.6. The standard InChI is InChI=1S/C17H20N4OS2/c1-17(2,3)14(9-21-7-6-18-11-21)20-15(22)12-10-24-16(19-12)13-5-4-8-23-13/h4-8,10-11,14H,9H2,1-3H3,(H,20,22)/t14-/m0/s1. The second-order valence-electron chi connectivity index (χ2n) is 6.67. The van der Waals surface area contributed by atoms with Gasteiger partial charge < -0.3 is 9.88 Å². The third-order valence-corrected chi connectivity index (χ3v) is 5.65. The summed E-state index contributed by atoms with van der Waals surface area (Å²) in [4.78, 5) is 22.3. The van der Waals surface area contributed by atoms with Crippen molar-refractivity contribution in [1.29, 1.82) is 0 Å². The van der Waals surface area contributed by atoms with Gasteiger partial charge in [-0.1, -0.05) is 26.8 Å². The van der Waals surface area contributed by atoms with Crippen LogP contribution >= 0.6 is 22.7 Å². The van der Waals surface area contributed by atoms with E-state index >= 15 is 0 Å². The molecule has 0 fully saturated rings. The highest BCUT2D eigenvalue weighted by molar-refractivity contribution is 7.20. The topological polar surface area (TPSA) is 59.8 Å². The van der Waals surface area contributed by atoms with E-state index in [4.69, 9.17) is 0 Å². The summed E-state index contributed by atoms with van der Waals surface area (Å²) in [6.07, 6.45) is 5.42. The number of carbonyl (C=O) groups excluding carboxylic acids is 1. The van der Waals surface area contributed by atoms with Crippen molar-refractivity contribution in [3.8, 4) is 9.88 Å². The largest absolute Gasteiger partial charge is 0.346 e. The fourth-order valence-corrected chi connectivity index (χ4v) is 3.88. The number of thiophene rings is 1. The summed E-state index contributed by atoms with van der Waals surface area (Å²) >= 11 is 3.13. The Morgan fingerprint density at radius 3 is 2.83 bits per heavy atom. The first kappa shape index (κ1) is 16.9. The molecule has 126 valence electrons. The van der Waals surface area contributed by atoms with Gasteiger partial charge in [-0.05, 0) is 16.9 Å². The zero-order valence-electron chi connectivity index (χ0n) is 13.9. The Morgan fingerprint density at radius 1 is 1.38 bits per heavy atom. The van der Waals surface area contributed by atoms with Gasteiger partial charge in [0.05, 0.1) is 17.2 Å². The lowest BCUT2D eigenvalue weighted by molar-refractivity contribution is 0.0888. The van der Waals surface area contributed by atoms with Crippen LogP contribution in [0.5, 0.6) is 0 Å². The first-order valence-electron chi connectivity index (χ1n) is 7.69. The highest BCUT2D eigenvalue weighted by Gasteiger charge is 2.27. The smallest absolute Gasteiger partial charge is 0.271 e. The van der Waals surface area contributed by atoms with Crippen LogP contribution in [-0.4, -0.2) is 26.5 Å². The second kappa shape index (κ2) is 6.86. The van der Waals surface area contributed by atoms with Crippen LogP contribution in [0.15, 0.2) is 41.6 Å². The summed E-state index contributed by atoms with van der Waals surface area (Å²) in [6, 6.07) is 3.98. The fourth-order valence-electron chi connectivity index (χ4n) is 2.27. The number of rotatable bonds is 5. The summed E-state index contributed by atoms with van der Waals surface area (Å²) in [5.41, 5.74) is 0.398. The van der Waals surface area contributed by atoms with Crippen molar-refractivity contribution >= 4 is 28.6 Å². The molecule has 0 aliphatic carbocycles. The molecule has 0 saturated heterocycles. The molecular weight excluding hydrogens is 340 g/mol. The number of thiazole rings is 1. The Hall–Kier alpha value is -1.99. The normalized spacial score (nSPS) is 13.0. The van der Waals surface area contributed by atoms with Crippen molar-refractivity contribution in [3.05, 3.63) is 47.3 Å². The van der Waals surface area contributed by atoms with Gasteiger partial charge in [0.2, 0.25) is 0 Å². The number of amides is 1. The Morgan fingerprint density at radius 2 is 2.21 bits per heavy atom. The number of hydrogen-bond acceptors (Lipinski definition) is 5. The molecule has 0 aliphatic heterocycles. The molecule has 0 unspecified atom stereocenters. The quantitative estimate of drug-likeness (QED) is 0.750. The van der Waals surface area contributed by atoms with E-state index in [1.54, 1.807) is 23.9 Å². The van der Waals surface area contributed by atoms with Gasteiger partial charge >= 0.3 is 0 Å². The van der Waals surface area contributed by atoms with Crippen molar-refractivity contribution in [3.63, 3.8) is 0 Å². The predicted molar refractivity (Wildman–Crippen MR) is 98.4 cm³/mol. The molecule has 0 radical (unpaired) electrons. The molecule has 7 heteroatoms. The van der Waals surface area contributed by atoms with E-state index < -0.39 is 0 Å². The Bertz CT molecular complexity index is 785. The van der Waals surface area contributed by atoms with Crippen molar-refractivity contribution in [1.82, 2.24) is 19.9 Å². The van der Waals surface area contributed by atoms with Gasteiger partial charge in [0.1, 0.15) is 10.7 Å². The van der Waals surface area contributed by atoms with Crippen LogP contribution in [0.2, 0.25) is 0 Å². The van der Waals surface area contributed by atoms with Gasteiger partial charge in [-0.2, -0.15) is 0 Å². The van der Waals surface area contributed by atoms with E-state index in [9.17, 15) is 4.79 Å². The van der Waals surface area contributed by atoms with Crippen molar-refractivity contribution in [2.75, 3.05) is 0 Å². The van der Waals surface area contributed by atoms with Gasteiger partial charge in [0, 0.05) is 24.3 Å². The van der Waals surface area contributed by atoms with Crippen LogP contribution in [0, 0.1) is 5.41 Å². The Labute approximate surface area is 149 Å². The minimum Gasteiger partial charge on any atom is -0.346 e. The molecule has 3 aromatic heterocycles. The Balaban J connectivity index is 1.73. The molecular formula is C17H20N4OS2. The first-order chi connectivity index (χ1) is 11.4. The van der Waals surface area contributed by atoms with Crippen LogP contribution in [0.4, 0.5) is 0 Å². The van der Waals surface area contributed by atoms with E-state index in [0.717, 1.165) is 9.88 Å². The summed E-state index contributed by atoms with van der Waals surface area (Å²) in [6.45, 7) is 7.03. The summed E-state index contributed by atoms with van der Waals surface area (Å²) in [5, 5.41) is 7.85. The third kappa shape index (κ3) is 3.91. The third-order valence-electron chi connectivity index (χ3n) is 3.77. The molecule has 0 bridgehead atoms. The molecule has 0 saturated carbocycles. The lowest BCUT2D eigenvalue weighted by Crippen LogP contribution is -2.46. The number of nitrogens with one attached hydrogen (secondary N) is 1. The monoisotopic (exact) mass is 360 g/mol. The minimum absolute atomic E-state index is 0.0221. The second-order valence-corrected chi connectivity index (χ2v) is 8.47. The maximum Gasteiger partial charge on any atom is 0.271 e. The van der Waals surface area contributed by atoms with Crippen molar-refractivity contribution in [2.24, 2.45) is 5.41 Å². The van der Waals surface area contributed by atoms with E-state index in [1.807, 2.05) is 33.7 Å². The molecule has 3 rings (SSSR count). The van der Waals surface area contributed by atoms with Crippen LogP contribution in [0.25, 0.3) is 9.88 Å². The molecule has 1 atom stereocenters. The highest BCUT2D eigenvalue weighted by atomic mass is 32.1. The average molecular weight is 361 g/mol. The number of carbonyl (C=O) groups is 1. The SMILES string of the molecule is CC(C)(C)[C@H](Cn1ccnc1)NC(=O)c1csc(-c2cccs2)n1. The van der Waals surface area contributed by atoms with Gasteiger partial charge in [-0.25, -0.2) is 9.97 Å². The van der Waals surface area contributed by atoms with Crippen LogP contribution in [0.1, 0.15) is 31.3 Å². The highest BCUT2D eigenvalue weighted by Crippen LogP contribution is 2.28. The molecule has 3 aromatic rings. The molecule has 1 amide bonds. The van der Waals surface area contributed by atoms with Crippen LogP contribution < -0.4 is 5.32 Å². The molecule has 1 N–H and O–H groups in total. The summed E-state index contributed by atoms with van der Waals surface area (Å²) in [5.74, 6) is -0.130. The fraction of sp³-hybridized carbons (Fsp3) is 0.353. The van der Waals surface area contributed by atoms with Crippen molar-refractivity contribution in [2.45, 2.75) is 33.4 Å². The van der Waals surface area contributed by atoms with E-state index in [1.165, 1.54) is 11.3 Å². The molecule has 3 heterocycles. The Kier molecular flexibility index (Phi) is 4.82. The predicted octanol–water partition coefficient (Wildman–Crippen LogP) is 3.91. The summed E-state index contributed by atoms with van der Waals surface area (Å²) < 4.78 is 1.98. The molecule has 0 aliphatic rings. The maximum absolute atomic E-state index is 12.6.